The van der Waals surface area contributed by atoms with E-state index in [9.17, 15) is 9.59 Å². The zero-order chi connectivity index (χ0) is 25.1. The molecule has 0 spiro atoms. The van der Waals surface area contributed by atoms with Crippen LogP contribution in [0.25, 0.3) is 11.0 Å². The number of ether oxygens (including phenoxy) is 4. The minimum Gasteiger partial charge on any atom is -0.444 e. The van der Waals surface area contributed by atoms with Gasteiger partial charge in [0, 0.05) is 47.5 Å². The number of rotatable bonds is 6. The summed E-state index contributed by atoms with van der Waals surface area (Å²) >= 11 is 0. The van der Waals surface area contributed by atoms with Crippen molar-refractivity contribution in [1.29, 1.82) is 0 Å². The van der Waals surface area contributed by atoms with Crippen LogP contribution in [0.4, 0.5) is 10.7 Å². The van der Waals surface area contributed by atoms with Gasteiger partial charge in [-0.3, -0.25) is 9.36 Å². The molecule has 0 atom stereocenters. The van der Waals surface area contributed by atoms with Crippen molar-refractivity contribution in [2.45, 2.75) is 45.8 Å². The number of piperazine rings is 1. The molecule has 2 aromatic rings. The third-order valence-corrected chi connectivity index (χ3v) is 5.48. The molecule has 1 aliphatic rings. The number of methoxy groups -OCH3 is 3. The third kappa shape index (κ3) is 5.04. The van der Waals surface area contributed by atoms with Crippen molar-refractivity contribution in [2.75, 3.05) is 52.4 Å². The minimum atomic E-state index is -1.57. The van der Waals surface area contributed by atoms with Crippen molar-refractivity contribution in [2.24, 2.45) is 0 Å². The van der Waals surface area contributed by atoms with E-state index in [4.69, 9.17) is 23.9 Å². The van der Waals surface area contributed by atoms with Crippen LogP contribution in [0.15, 0.2) is 10.9 Å². The van der Waals surface area contributed by atoms with Gasteiger partial charge in [0.2, 0.25) is 5.95 Å². The molecule has 34 heavy (non-hydrogen) atoms. The number of aromatic amines is 1. The number of nitrogens with one attached hydrogen (secondary N) is 1. The summed E-state index contributed by atoms with van der Waals surface area (Å²) in [6, 6.07) is 1.67. The van der Waals surface area contributed by atoms with E-state index in [1.165, 1.54) is 21.3 Å². The van der Waals surface area contributed by atoms with Crippen LogP contribution in [0, 0.1) is 11.8 Å². The zero-order valence-electron chi connectivity index (χ0n) is 20.9. The van der Waals surface area contributed by atoms with Crippen LogP contribution < -0.4 is 10.5 Å². The Morgan fingerprint density at radius 1 is 1.12 bits per heavy atom. The summed E-state index contributed by atoms with van der Waals surface area (Å²) in [5.41, 5.74) is 0.198. The molecule has 11 heteroatoms. The van der Waals surface area contributed by atoms with E-state index in [0.717, 1.165) is 0 Å². The zero-order valence-corrected chi connectivity index (χ0v) is 20.9. The minimum absolute atomic E-state index is 0.282. The number of pyridine rings is 1. The molecule has 3 rings (SSSR count). The molecule has 0 aromatic carbocycles. The van der Waals surface area contributed by atoms with E-state index in [1.807, 2.05) is 25.7 Å². The van der Waals surface area contributed by atoms with Crippen LogP contribution in [0.3, 0.4) is 0 Å². The highest BCUT2D eigenvalue weighted by molar-refractivity contribution is 5.79. The van der Waals surface area contributed by atoms with Crippen LogP contribution in [0.1, 0.15) is 33.4 Å². The fraction of sp³-hybridized carbons (Fsp3) is 0.609. The monoisotopic (exact) mass is 475 g/mol. The Hall–Kier alpha value is -3.07. The summed E-state index contributed by atoms with van der Waals surface area (Å²) in [7, 11) is 4.25. The number of anilines is 1. The number of hydrogen-bond donors (Lipinski definition) is 1. The van der Waals surface area contributed by atoms with Gasteiger partial charge in [-0.1, -0.05) is 5.92 Å². The molecule has 0 aliphatic carbocycles. The van der Waals surface area contributed by atoms with Crippen LogP contribution in [-0.2, 0) is 31.5 Å². The van der Waals surface area contributed by atoms with E-state index in [-0.39, 0.29) is 17.3 Å². The molecule has 0 saturated carbocycles. The van der Waals surface area contributed by atoms with Gasteiger partial charge in [-0.25, -0.2) is 9.78 Å². The molecule has 0 radical (unpaired) electrons. The maximum absolute atomic E-state index is 13.1. The van der Waals surface area contributed by atoms with Gasteiger partial charge < -0.3 is 33.7 Å². The molecule has 186 valence electrons. The van der Waals surface area contributed by atoms with E-state index >= 15 is 0 Å². The molecule has 1 N–H and O–H groups in total. The van der Waals surface area contributed by atoms with Crippen molar-refractivity contribution in [1.82, 2.24) is 19.4 Å². The number of hydrogen-bond acceptors (Lipinski definition) is 8. The van der Waals surface area contributed by atoms with Crippen molar-refractivity contribution in [3.8, 4) is 11.8 Å². The molecule has 2 aromatic heterocycles. The maximum Gasteiger partial charge on any atom is 0.410 e. The van der Waals surface area contributed by atoms with E-state index in [2.05, 4.69) is 16.8 Å². The number of nitrogens with zero attached hydrogens (tertiary/aromatic N) is 4. The smallest absolute Gasteiger partial charge is 0.410 e. The second-order valence-electron chi connectivity index (χ2n) is 8.79. The van der Waals surface area contributed by atoms with Crippen LogP contribution in [0.5, 0.6) is 0 Å². The Morgan fingerprint density at radius 3 is 2.26 bits per heavy atom. The van der Waals surface area contributed by atoms with E-state index in [0.29, 0.717) is 49.7 Å². The van der Waals surface area contributed by atoms with Crippen molar-refractivity contribution in [3.05, 3.63) is 22.1 Å². The first-order valence-electron chi connectivity index (χ1n) is 11.0. The lowest BCUT2D eigenvalue weighted by Crippen LogP contribution is -2.50. The second-order valence-corrected chi connectivity index (χ2v) is 8.79. The molecule has 0 bridgehead atoms. The number of fused-ring (bicyclic) bond motifs is 1. The van der Waals surface area contributed by atoms with Gasteiger partial charge in [-0.2, -0.15) is 0 Å². The molecule has 1 amide bonds. The molecule has 1 saturated heterocycles. The third-order valence-electron chi connectivity index (χ3n) is 5.48. The Morgan fingerprint density at radius 2 is 1.74 bits per heavy atom. The van der Waals surface area contributed by atoms with Gasteiger partial charge >= 0.3 is 12.1 Å². The van der Waals surface area contributed by atoms with Gasteiger partial charge in [-0.05, 0) is 33.8 Å². The highest BCUT2D eigenvalue weighted by Crippen LogP contribution is 2.28. The summed E-state index contributed by atoms with van der Waals surface area (Å²) in [5.74, 6) is 4.91. The van der Waals surface area contributed by atoms with E-state index < -0.39 is 11.6 Å². The fourth-order valence-electron chi connectivity index (χ4n) is 3.86. The molecular weight excluding hydrogens is 442 g/mol. The number of H-pyrrole nitrogens is 1. The number of imidazole rings is 1. The number of carbonyl (C=O) groups excluding carboxylic acids is 1. The molecule has 3 heterocycles. The highest BCUT2D eigenvalue weighted by atomic mass is 16.9. The van der Waals surface area contributed by atoms with E-state index in [1.54, 1.807) is 22.5 Å². The van der Waals surface area contributed by atoms with Crippen molar-refractivity contribution in [3.63, 3.8) is 0 Å². The van der Waals surface area contributed by atoms with Gasteiger partial charge in [0.15, 0.2) is 0 Å². The Balaban J connectivity index is 1.98. The van der Waals surface area contributed by atoms with Gasteiger partial charge in [0.25, 0.3) is 5.56 Å². The predicted molar refractivity (Wildman–Crippen MR) is 127 cm³/mol. The molecule has 1 aliphatic heterocycles. The molecule has 1 fully saturated rings. The normalized spacial score (nSPS) is 14.8. The Bertz CT molecular complexity index is 1130. The average Bonchev–Trinajstić information content (AvgIpc) is 3.17. The summed E-state index contributed by atoms with van der Waals surface area (Å²) < 4.78 is 23.4. The second kappa shape index (κ2) is 10.0. The number of carbonyl (C=O) groups is 1. The molecule has 11 nitrogen and oxygen atoms in total. The van der Waals surface area contributed by atoms with Gasteiger partial charge in [-0.15, -0.1) is 5.92 Å². The number of aromatic nitrogens is 3. The average molecular weight is 476 g/mol. The first-order valence-corrected chi connectivity index (χ1v) is 11.0. The Kier molecular flexibility index (Phi) is 7.55. The highest BCUT2D eigenvalue weighted by Gasteiger charge is 2.35. The summed E-state index contributed by atoms with van der Waals surface area (Å²) in [4.78, 5) is 36.8. The van der Waals surface area contributed by atoms with Crippen LogP contribution >= 0.6 is 0 Å². The quantitative estimate of drug-likeness (QED) is 0.498. The first kappa shape index (κ1) is 25.6. The lowest BCUT2D eigenvalue weighted by Gasteiger charge is -2.36. The topological polar surface area (TPSA) is 111 Å². The summed E-state index contributed by atoms with van der Waals surface area (Å²) in [6.07, 6.45) is -0.339. The van der Waals surface area contributed by atoms with Crippen LogP contribution in [-0.4, -0.2) is 78.6 Å². The first-order chi connectivity index (χ1) is 16.1. The summed E-state index contributed by atoms with van der Waals surface area (Å²) in [5, 5.41) is 0. The summed E-state index contributed by atoms with van der Waals surface area (Å²) in [6.45, 7) is 9.57. The maximum atomic E-state index is 13.1. The standard InChI is InChI=1S/C23H33N5O6/c1-8-9-10-28-18-16(15-17(25-19(18)29)23(31-5,32-6)33-7)24-20(28)26-11-13-27(14-12-26)21(30)34-22(2,3)4/h15H,10-14H2,1-7H3,(H,25,29). The lowest BCUT2D eigenvalue weighted by molar-refractivity contribution is -0.366. The van der Waals surface area contributed by atoms with Crippen LogP contribution in [0.2, 0.25) is 0 Å². The largest absolute Gasteiger partial charge is 0.444 e. The predicted octanol–water partition coefficient (Wildman–Crippen LogP) is 1.85. The van der Waals surface area contributed by atoms with Gasteiger partial charge in [0.1, 0.15) is 16.8 Å². The fourth-order valence-corrected chi connectivity index (χ4v) is 3.86. The lowest BCUT2D eigenvalue weighted by atomic mass is 10.2. The molecule has 0 unspecified atom stereocenters. The Labute approximate surface area is 198 Å². The molecular formula is C23H33N5O6. The van der Waals surface area contributed by atoms with Gasteiger partial charge in [0.05, 0.1) is 12.1 Å². The SMILES string of the molecule is CC#CCn1c(N2CCN(C(=O)OC(C)(C)C)CC2)nc2cc(C(OC)(OC)OC)[nH]c(=O)c21. The van der Waals surface area contributed by atoms with Crippen molar-refractivity contribution < 1.29 is 23.7 Å². The number of amides is 1. The van der Waals surface area contributed by atoms with Crippen molar-refractivity contribution >= 4 is 23.1 Å².